The molecule has 3 aromatic rings. The lowest BCUT2D eigenvalue weighted by Crippen LogP contribution is -2.49. The number of esters is 1. The molecule has 0 bridgehead atoms. The van der Waals surface area contributed by atoms with Crippen LogP contribution in [0.1, 0.15) is 38.8 Å². The maximum atomic E-state index is 13.8. The van der Waals surface area contributed by atoms with Gasteiger partial charge >= 0.3 is 5.97 Å². The van der Waals surface area contributed by atoms with E-state index in [1.165, 1.54) is 18.4 Å². The van der Waals surface area contributed by atoms with Crippen molar-refractivity contribution in [3.05, 3.63) is 76.5 Å². The Balaban J connectivity index is 1.83. The zero-order valence-electron chi connectivity index (χ0n) is 20.4. The van der Waals surface area contributed by atoms with Gasteiger partial charge in [-0.15, -0.1) is 0 Å². The molecule has 0 aliphatic carbocycles. The molecule has 1 aromatic heterocycles. The number of ether oxygens (including phenoxy) is 1. The summed E-state index contributed by atoms with van der Waals surface area (Å²) in [6.45, 7) is 7.27. The molecule has 192 valence electrons. The van der Waals surface area contributed by atoms with E-state index in [0.29, 0.717) is 23.5 Å². The van der Waals surface area contributed by atoms with Crippen molar-refractivity contribution in [1.29, 1.82) is 5.41 Å². The smallest absolute Gasteiger partial charge is 0.311 e. The van der Waals surface area contributed by atoms with E-state index in [9.17, 15) is 9.18 Å². The first-order valence-corrected chi connectivity index (χ1v) is 11.9. The fourth-order valence-electron chi connectivity index (χ4n) is 3.33. The fourth-order valence-corrected chi connectivity index (χ4v) is 3.85. The van der Waals surface area contributed by atoms with Crippen LogP contribution in [0.4, 0.5) is 15.8 Å². The predicted octanol–water partition coefficient (Wildman–Crippen LogP) is 4.77. The number of rotatable bonds is 7. The molecule has 0 amide bonds. The van der Waals surface area contributed by atoms with Crippen molar-refractivity contribution in [2.45, 2.75) is 39.8 Å². The minimum Gasteiger partial charge on any atom is -0.462 e. The van der Waals surface area contributed by atoms with E-state index in [1.54, 1.807) is 50.6 Å². The summed E-state index contributed by atoms with van der Waals surface area (Å²) in [5, 5.41) is 14.2. The fraction of sp³-hybridized carbons (Fsp3) is 0.320. The lowest BCUT2D eigenvalue weighted by Gasteiger charge is -2.33. The van der Waals surface area contributed by atoms with E-state index in [-0.39, 0.29) is 22.4 Å². The zero-order valence-corrected chi connectivity index (χ0v) is 22.0. The van der Waals surface area contributed by atoms with Crippen molar-refractivity contribution in [1.82, 2.24) is 9.88 Å². The quantitative estimate of drug-likeness (QED) is 0.196. The molecule has 36 heavy (non-hydrogen) atoms. The molecule has 2 aromatic carbocycles. The Labute approximate surface area is 219 Å². The molecule has 3 rings (SSSR count). The Morgan fingerprint density at radius 1 is 1.28 bits per heavy atom. The maximum absolute atomic E-state index is 13.8. The van der Waals surface area contributed by atoms with Crippen molar-refractivity contribution in [3.63, 3.8) is 0 Å². The highest BCUT2D eigenvalue weighted by Crippen LogP contribution is 2.28. The number of halogens is 2. The summed E-state index contributed by atoms with van der Waals surface area (Å²) in [6.07, 6.45) is 3.07. The third-order valence-electron chi connectivity index (χ3n) is 5.52. The average molecular weight is 534 g/mol. The first-order valence-electron chi connectivity index (χ1n) is 11.1. The number of nitrogens with zero attached hydrogens (tertiary/aromatic N) is 1. The van der Waals surface area contributed by atoms with Gasteiger partial charge in [-0.05, 0) is 69.2 Å². The Kier molecular flexibility index (Phi) is 8.10. The zero-order chi connectivity index (χ0) is 26.7. The molecule has 8 nitrogen and oxygen atoms in total. The van der Waals surface area contributed by atoms with Gasteiger partial charge in [-0.2, -0.15) is 0 Å². The Hall–Kier alpha value is -3.37. The Morgan fingerprint density at radius 2 is 2.00 bits per heavy atom. The number of oxazole rings is 1. The topological polar surface area (TPSA) is 118 Å². The summed E-state index contributed by atoms with van der Waals surface area (Å²) < 4.78 is 26.0. The average Bonchev–Trinajstić information content (AvgIpc) is 3.20. The molecule has 5 N–H and O–H groups in total. The van der Waals surface area contributed by atoms with E-state index in [4.69, 9.17) is 44.1 Å². The monoisotopic (exact) mass is 533 g/mol. The van der Waals surface area contributed by atoms with Gasteiger partial charge in [0.25, 0.3) is 5.68 Å². The summed E-state index contributed by atoms with van der Waals surface area (Å²) >= 11 is 11.6. The number of nitrogens with two attached hydrogens (primary N) is 1. The third-order valence-corrected chi connectivity index (χ3v) is 6.01. The molecule has 0 aliphatic rings. The molecular weight excluding hydrogens is 505 g/mol. The summed E-state index contributed by atoms with van der Waals surface area (Å²) in [6, 6.07) is 9.68. The van der Waals surface area contributed by atoms with Gasteiger partial charge in [-0.3, -0.25) is 14.8 Å². The molecule has 0 radical (unpaired) electrons. The molecule has 1 atom stereocenters. The van der Waals surface area contributed by atoms with Crippen LogP contribution < -0.4 is 22.1 Å². The predicted molar refractivity (Wildman–Crippen MR) is 141 cm³/mol. The number of carbonyl (C=O) groups excluding carboxylic acids is 1. The van der Waals surface area contributed by atoms with Gasteiger partial charge < -0.3 is 25.5 Å². The van der Waals surface area contributed by atoms with Gasteiger partial charge in [0.2, 0.25) is 0 Å². The number of aromatic nitrogens is 1. The Bertz CT molecular complexity index is 1330. The van der Waals surface area contributed by atoms with Crippen molar-refractivity contribution < 1.29 is 18.3 Å². The van der Waals surface area contributed by atoms with Crippen LogP contribution >= 0.6 is 23.8 Å². The number of nitrogen functional groups attached to an aromatic ring is 1. The number of benzene rings is 2. The molecule has 0 saturated carbocycles. The van der Waals surface area contributed by atoms with Gasteiger partial charge in [-0.1, -0.05) is 29.8 Å². The number of hydrogen-bond donors (Lipinski definition) is 4. The van der Waals surface area contributed by atoms with Crippen LogP contribution in [0.2, 0.25) is 5.02 Å². The van der Waals surface area contributed by atoms with E-state index < -0.39 is 22.7 Å². The van der Waals surface area contributed by atoms with E-state index in [1.807, 2.05) is 12.1 Å². The van der Waals surface area contributed by atoms with Crippen LogP contribution in [0.3, 0.4) is 0 Å². The molecule has 1 heterocycles. The standard InChI is InChI=1S/C25H29ClFN5O3S/c1-24(2,3)21(33)35-14-25(4,16-8-9-18(27)17(26)12-16)31-23(36)30-19-7-5-6-15(20(19)28)13-32-10-11-34-22(32)29/h5-12,29H,13-14,28H2,1-4H3,(H2,30,31,36). The lowest BCUT2D eigenvalue weighted by molar-refractivity contribution is -0.155. The highest BCUT2D eigenvalue weighted by molar-refractivity contribution is 7.80. The molecule has 0 spiro atoms. The van der Waals surface area contributed by atoms with Crippen molar-refractivity contribution in [2.24, 2.45) is 5.41 Å². The van der Waals surface area contributed by atoms with Crippen LogP contribution in [0.25, 0.3) is 0 Å². The number of hydrogen-bond acceptors (Lipinski definition) is 6. The first kappa shape index (κ1) is 27.2. The summed E-state index contributed by atoms with van der Waals surface area (Å²) in [4.78, 5) is 12.5. The second-order valence-electron chi connectivity index (χ2n) is 9.58. The molecule has 0 saturated heterocycles. The SMILES string of the molecule is CC(C)(C)C(=O)OCC(C)(NC(=S)Nc1cccc(Cn2ccoc2=N)c1N)c1ccc(F)c(Cl)c1. The summed E-state index contributed by atoms with van der Waals surface area (Å²) in [5.41, 5.74) is 6.95. The van der Waals surface area contributed by atoms with Gasteiger partial charge in [0.05, 0.1) is 33.9 Å². The van der Waals surface area contributed by atoms with Crippen LogP contribution in [0, 0.1) is 16.6 Å². The van der Waals surface area contributed by atoms with Crippen LogP contribution in [0.15, 0.2) is 53.3 Å². The summed E-state index contributed by atoms with van der Waals surface area (Å²) in [7, 11) is 0. The van der Waals surface area contributed by atoms with Crippen LogP contribution in [0.5, 0.6) is 0 Å². The summed E-state index contributed by atoms with van der Waals surface area (Å²) in [5.74, 6) is -0.962. The maximum Gasteiger partial charge on any atom is 0.311 e. The van der Waals surface area contributed by atoms with Gasteiger partial charge in [0, 0.05) is 6.20 Å². The number of carbonyl (C=O) groups is 1. The first-order chi connectivity index (χ1) is 16.8. The third kappa shape index (κ3) is 6.44. The molecular formula is C25H29ClFN5O3S. The van der Waals surface area contributed by atoms with E-state index in [2.05, 4.69) is 10.6 Å². The highest BCUT2D eigenvalue weighted by Gasteiger charge is 2.33. The van der Waals surface area contributed by atoms with Crippen molar-refractivity contribution in [3.8, 4) is 0 Å². The lowest BCUT2D eigenvalue weighted by atomic mass is 9.92. The molecule has 0 aliphatic heterocycles. The van der Waals surface area contributed by atoms with Gasteiger partial charge in [0.1, 0.15) is 18.7 Å². The van der Waals surface area contributed by atoms with Crippen LogP contribution in [-0.2, 0) is 21.6 Å². The Morgan fingerprint density at radius 3 is 2.61 bits per heavy atom. The van der Waals surface area contributed by atoms with E-state index >= 15 is 0 Å². The second-order valence-corrected chi connectivity index (χ2v) is 10.4. The highest BCUT2D eigenvalue weighted by atomic mass is 35.5. The normalized spacial score (nSPS) is 13.1. The minimum absolute atomic E-state index is 0.00322. The molecule has 1 unspecified atom stereocenters. The largest absolute Gasteiger partial charge is 0.462 e. The van der Waals surface area contributed by atoms with Crippen molar-refractivity contribution >= 4 is 46.3 Å². The number of nitrogens with one attached hydrogen (secondary N) is 3. The van der Waals surface area contributed by atoms with Gasteiger partial charge in [0.15, 0.2) is 5.11 Å². The number of anilines is 2. The van der Waals surface area contributed by atoms with Crippen molar-refractivity contribution in [2.75, 3.05) is 17.7 Å². The minimum atomic E-state index is -1.04. The molecule has 11 heteroatoms. The number of para-hydroxylation sites is 1. The van der Waals surface area contributed by atoms with Gasteiger partial charge in [-0.25, -0.2) is 4.39 Å². The van der Waals surface area contributed by atoms with Crippen LogP contribution in [-0.4, -0.2) is 22.3 Å². The second kappa shape index (κ2) is 10.7. The molecule has 0 fully saturated rings. The van der Waals surface area contributed by atoms with E-state index in [0.717, 1.165) is 5.56 Å². The number of thiocarbonyl (C=S) groups is 1.